The third kappa shape index (κ3) is 4.27. The highest BCUT2D eigenvalue weighted by Crippen LogP contribution is 2.27. The molecule has 0 saturated carbocycles. The van der Waals surface area contributed by atoms with Gasteiger partial charge >= 0.3 is 6.01 Å². The normalized spacial score (nSPS) is 17.7. The van der Waals surface area contributed by atoms with Gasteiger partial charge in [0.1, 0.15) is 5.82 Å². The second-order valence-electron chi connectivity index (χ2n) is 7.13. The lowest BCUT2D eigenvalue weighted by molar-refractivity contribution is 0.102. The molecule has 1 saturated heterocycles. The lowest BCUT2D eigenvalue weighted by Gasteiger charge is -2.29. The molecule has 1 amide bonds. The van der Waals surface area contributed by atoms with Crippen molar-refractivity contribution in [3.63, 3.8) is 0 Å². The van der Waals surface area contributed by atoms with E-state index in [0.717, 1.165) is 24.2 Å². The second-order valence-corrected chi connectivity index (χ2v) is 9.98. The van der Waals surface area contributed by atoms with Crippen LogP contribution in [0.4, 0.5) is 10.4 Å². The Labute approximate surface area is 176 Å². The average Bonchev–Trinajstić information content (AvgIpc) is 3.39. The van der Waals surface area contributed by atoms with Gasteiger partial charge in [-0.15, -0.1) is 16.4 Å². The van der Waals surface area contributed by atoms with Gasteiger partial charge in [0, 0.05) is 24.0 Å². The minimum Gasteiger partial charge on any atom is -0.403 e. The first-order chi connectivity index (χ1) is 14.3. The molecule has 2 aromatic heterocycles. The van der Waals surface area contributed by atoms with E-state index in [0.29, 0.717) is 24.6 Å². The molecule has 0 radical (unpaired) electrons. The van der Waals surface area contributed by atoms with Crippen molar-refractivity contribution >= 4 is 33.3 Å². The number of anilines is 1. The van der Waals surface area contributed by atoms with E-state index in [4.69, 9.17) is 4.42 Å². The quantitative estimate of drug-likeness (QED) is 0.637. The number of sulfonamides is 1. The molecule has 0 unspecified atom stereocenters. The Morgan fingerprint density at radius 2 is 2.07 bits per heavy atom. The Balaban J connectivity index is 1.46. The molecule has 1 aromatic carbocycles. The summed E-state index contributed by atoms with van der Waals surface area (Å²) in [5.41, 5.74) is 0.504. The number of rotatable bonds is 5. The Morgan fingerprint density at radius 3 is 2.80 bits per heavy atom. The van der Waals surface area contributed by atoms with Crippen molar-refractivity contribution in [2.24, 2.45) is 5.92 Å². The molecule has 1 atom stereocenters. The fraction of sp³-hybridized carbons (Fsp3) is 0.316. The van der Waals surface area contributed by atoms with Crippen LogP contribution < -0.4 is 5.32 Å². The van der Waals surface area contributed by atoms with Crippen LogP contribution >= 0.6 is 11.3 Å². The summed E-state index contributed by atoms with van der Waals surface area (Å²) in [7, 11) is -3.63. The predicted octanol–water partition coefficient (Wildman–Crippen LogP) is 3.61. The number of hydrogen-bond acceptors (Lipinski definition) is 7. The van der Waals surface area contributed by atoms with Crippen LogP contribution in [0.25, 0.3) is 11.5 Å². The minimum atomic E-state index is -3.63. The lowest BCUT2D eigenvalue weighted by Crippen LogP contribution is -2.38. The van der Waals surface area contributed by atoms with E-state index in [1.165, 1.54) is 40.0 Å². The summed E-state index contributed by atoms with van der Waals surface area (Å²) in [6.45, 7) is 2.99. The monoisotopic (exact) mass is 450 g/mol. The first kappa shape index (κ1) is 20.6. The van der Waals surface area contributed by atoms with Gasteiger partial charge in [-0.3, -0.25) is 10.1 Å². The van der Waals surface area contributed by atoms with E-state index >= 15 is 0 Å². The SMILES string of the molecule is C[C@@H]1CCCN(S(=O)(=O)c2csc(C(=O)Nc3nnc(-c4ccc(F)cc4)o3)c2)C1. The lowest BCUT2D eigenvalue weighted by atomic mass is 10.0. The van der Waals surface area contributed by atoms with Crippen molar-refractivity contribution in [1.29, 1.82) is 0 Å². The molecule has 1 aliphatic heterocycles. The van der Waals surface area contributed by atoms with Gasteiger partial charge < -0.3 is 4.42 Å². The maximum absolute atomic E-state index is 13.0. The highest BCUT2D eigenvalue weighted by molar-refractivity contribution is 7.89. The van der Waals surface area contributed by atoms with E-state index in [1.54, 1.807) is 0 Å². The van der Waals surface area contributed by atoms with Crippen molar-refractivity contribution in [3.8, 4) is 11.5 Å². The van der Waals surface area contributed by atoms with Crippen molar-refractivity contribution in [1.82, 2.24) is 14.5 Å². The van der Waals surface area contributed by atoms with Gasteiger partial charge in [0.15, 0.2) is 0 Å². The number of thiophene rings is 1. The summed E-state index contributed by atoms with van der Waals surface area (Å²) in [5, 5.41) is 11.5. The van der Waals surface area contributed by atoms with Crippen LogP contribution in [0.1, 0.15) is 29.4 Å². The molecule has 3 heterocycles. The number of piperidine rings is 1. The third-order valence-corrected chi connectivity index (χ3v) is 7.71. The molecule has 8 nitrogen and oxygen atoms in total. The standard InChI is InChI=1S/C19H19FN4O4S2/c1-12-3-2-8-24(10-12)30(26,27)15-9-16(29-11-15)17(25)21-19-23-22-18(28-19)13-4-6-14(20)7-5-13/h4-7,9,11-12H,2-3,8,10H2,1H3,(H,21,23,25)/t12-/m1/s1. The molecule has 0 aliphatic carbocycles. The Kier molecular flexibility index (Phi) is 5.67. The summed E-state index contributed by atoms with van der Waals surface area (Å²) >= 11 is 1.02. The van der Waals surface area contributed by atoms with Crippen molar-refractivity contribution in [2.45, 2.75) is 24.7 Å². The Morgan fingerprint density at radius 1 is 1.30 bits per heavy atom. The molecule has 3 aromatic rings. The second kappa shape index (κ2) is 8.25. The van der Waals surface area contributed by atoms with Gasteiger partial charge in [-0.05, 0) is 49.1 Å². The van der Waals surface area contributed by atoms with E-state index in [1.807, 2.05) is 6.92 Å². The van der Waals surface area contributed by atoms with Crippen molar-refractivity contribution < 1.29 is 22.0 Å². The highest BCUT2D eigenvalue weighted by atomic mass is 32.2. The van der Waals surface area contributed by atoms with Crippen LogP contribution in [0.5, 0.6) is 0 Å². The zero-order chi connectivity index (χ0) is 21.3. The van der Waals surface area contributed by atoms with Crippen molar-refractivity contribution in [3.05, 3.63) is 46.4 Å². The number of hydrogen-bond donors (Lipinski definition) is 1. The predicted molar refractivity (Wildman–Crippen MR) is 109 cm³/mol. The van der Waals surface area contributed by atoms with Crippen LogP contribution in [-0.4, -0.2) is 41.9 Å². The van der Waals surface area contributed by atoms with Gasteiger partial charge in [0.25, 0.3) is 5.91 Å². The van der Waals surface area contributed by atoms with Crippen LogP contribution in [0.3, 0.4) is 0 Å². The van der Waals surface area contributed by atoms with E-state index in [-0.39, 0.29) is 21.7 Å². The molecule has 0 bridgehead atoms. The molecule has 1 aliphatic rings. The topological polar surface area (TPSA) is 105 Å². The smallest absolute Gasteiger partial charge is 0.322 e. The molecule has 1 N–H and O–H groups in total. The van der Waals surface area contributed by atoms with Crippen LogP contribution in [0.2, 0.25) is 0 Å². The van der Waals surface area contributed by atoms with Gasteiger partial charge in [-0.25, -0.2) is 12.8 Å². The molecule has 0 spiro atoms. The zero-order valence-corrected chi connectivity index (χ0v) is 17.7. The molecule has 11 heteroatoms. The van der Waals surface area contributed by atoms with Gasteiger partial charge in [0.2, 0.25) is 15.9 Å². The van der Waals surface area contributed by atoms with E-state index < -0.39 is 21.7 Å². The fourth-order valence-electron chi connectivity index (χ4n) is 3.23. The van der Waals surface area contributed by atoms with Crippen LogP contribution in [-0.2, 0) is 10.0 Å². The highest BCUT2D eigenvalue weighted by Gasteiger charge is 2.30. The van der Waals surface area contributed by atoms with E-state index in [9.17, 15) is 17.6 Å². The van der Waals surface area contributed by atoms with E-state index in [2.05, 4.69) is 15.5 Å². The number of amides is 1. The van der Waals surface area contributed by atoms with Gasteiger partial charge in [-0.1, -0.05) is 12.0 Å². The summed E-state index contributed by atoms with van der Waals surface area (Å²) < 4.78 is 45.6. The third-order valence-electron chi connectivity index (χ3n) is 4.79. The minimum absolute atomic E-state index is 0.101. The summed E-state index contributed by atoms with van der Waals surface area (Å²) in [6, 6.07) is 6.69. The van der Waals surface area contributed by atoms with Crippen LogP contribution in [0, 0.1) is 11.7 Å². The largest absolute Gasteiger partial charge is 0.403 e. The molecular formula is C19H19FN4O4S2. The van der Waals surface area contributed by atoms with Crippen molar-refractivity contribution in [2.75, 3.05) is 18.4 Å². The summed E-state index contributed by atoms with van der Waals surface area (Å²) in [6.07, 6.45) is 1.83. The van der Waals surface area contributed by atoms with Gasteiger partial charge in [0.05, 0.1) is 9.77 Å². The maximum atomic E-state index is 13.0. The molecule has 1 fully saturated rings. The van der Waals surface area contributed by atoms with Crippen LogP contribution in [0.15, 0.2) is 45.0 Å². The number of aromatic nitrogens is 2. The number of carbonyl (C=O) groups excluding carboxylic acids is 1. The maximum Gasteiger partial charge on any atom is 0.322 e. The average molecular weight is 451 g/mol. The number of carbonyl (C=O) groups is 1. The first-order valence-corrected chi connectivity index (χ1v) is 11.6. The molecular weight excluding hydrogens is 431 g/mol. The number of halogens is 1. The summed E-state index contributed by atoms with van der Waals surface area (Å²) in [5.74, 6) is -0.515. The Bertz CT molecular complexity index is 1160. The molecule has 4 rings (SSSR count). The zero-order valence-electron chi connectivity index (χ0n) is 16.0. The molecule has 30 heavy (non-hydrogen) atoms. The van der Waals surface area contributed by atoms with Gasteiger partial charge in [-0.2, -0.15) is 4.31 Å². The number of benzene rings is 1. The molecule has 158 valence electrons. The number of nitrogens with one attached hydrogen (secondary N) is 1. The Hall–Kier alpha value is -2.63. The fourth-order valence-corrected chi connectivity index (χ4v) is 5.98. The summed E-state index contributed by atoms with van der Waals surface area (Å²) in [4.78, 5) is 12.8. The number of nitrogens with zero attached hydrogens (tertiary/aromatic N) is 3. The first-order valence-electron chi connectivity index (χ1n) is 9.32.